The highest BCUT2D eigenvalue weighted by Crippen LogP contribution is 2.32. The number of hydrogen-bond donors (Lipinski definition) is 0. The first-order chi connectivity index (χ1) is 9.03. The van der Waals surface area contributed by atoms with Gasteiger partial charge >= 0.3 is 0 Å². The fourth-order valence-electron chi connectivity index (χ4n) is 2.42. The van der Waals surface area contributed by atoms with Crippen molar-refractivity contribution < 1.29 is 0 Å². The smallest absolute Gasteiger partial charge is 0.0719 e. The van der Waals surface area contributed by atoms with E-state index in [-0.39, 0.29) is 11.5 Å². The van der Waals surface area contributed by atoms with Crippen molar-refractivity contribution in [1.29, 1.82) is 0 Å². The average molecular weight is 253 g/mol. The number of benzene rings is 1. The molecule has 0 aromatic heterocycles. The van der Waals surface area contributed by atoms with Gasteiger partial charge in [-0.2, -0.15) is 0 Å². The molecule has 100 valence electrons. The van der Waals surface area contributed by atoms with E-state index in [9.17, 15) is 0 Å². The largest absolute Gasteiger partial charge is 0.289 e. The molecule has 3 atom stereocenters. The van der Waals surface area contributed by atoms with Crippen LogP contribution in [0.15, 0.2) is 53.6 Å². The van der Waals surface area contributed by atoms with E-state index in [0.29, 0.717) is 5.92 Å². The standard InChI is InChI=1S/C18H23N/c1-14-9-5-6-11-17(14)16(3)19-13-18(4)12-8-7-10-15(18)2/h5-13,15-16H,1-4H3. The van der Waals surface area contributed by atoms with Crippen molar-refractivity contribution in [3.8, 4) is 0 Å². The molecule has 1 aromatic carbocycles. The van der Waals surface area contributed by atoms with Gasteiger partial charge in [0.15, 0.2) is 0 Å². The Morgan fingerprint density at radius 2 is 2.00 bits per heavy atom. The van der Waals surface area contributed by atoms with Crippen molar-refractivity contribution in [3.63, 3.8) is 0 Å². The van der Waals surface area contributed by atoms with Gasteiger partial charge in [-0.1, -0.05) is 62.4 Å². The lowest BCUT2D eigenvalue weighted by Crippen LogP contribution is -2.25. The van der Waals surface area contributed by atoms with Crippen molar-refractivity contribution in [1.82, 2.24) is 0 Å². The first kappa shape index (κ1) is 13.8. The van der Waals surface area contributed by atoms with Gasteiger partial charge in [-0.05, 0) is 30.9 Å². The van der Waals surface area contributed by atoms with Gasteiger partial charge in [-0.3, -0.25) is 4.99 Å². The molecular weight excluding hydrogens is 230 g/mol. The van der Waals surface area contributed by atoms with E-state index in [4.69, 9.17) is 4.99 Å². The Balaban J connectivity index is 2.17. The summed E-state index contributed by atoms with van der Waals surface area (Å²) in [5.41, 5.74) is 2.65. The average Bonchev–Trinajstić information content (AvgIpc) is 2.40. The van der Waals surface area contributed by atoms with Gasteiger partial charge < -0.3 is 0 Å². The van der Waals surface area contributed by atoms with Crippen molar-refractivity contribution in [3.05, 3.63) is 59.7 Å². The lowest BCUT2D eigenvalue weighted by Gasteiger charge is -2.29. The number of rotatable bonds is 3. The molecule has 1 aliphatic rings. The number of nitrogens with zero attached hydrogens (tertiary/aromatic N) is 1. The van der Waals surface area contributed by atoms with Gasteiger partial charge in [-0.25, -0.2) is 0 Å². The minimum absolute atomic E-state index is 0.0334. The molecule has 0 aliphatic heterocycles. The molecule has 0 spiro atoms. The quantitative estimate of drug-likeness (QED) is 0.680. The van der Waals surface area contributed by atoms with Crippen LogP contribution in [0, 0.1) is 18.3 Å². The summed E-state index contributed by atoms with van der Waals surface area (Å²) < 4.78 is 0. The van der Waals surface area contributed by atoms with Gasteiger partial charge in [0.2, 0.25) is 0 Å². The fourth-order valence-corrected chi connectivity index (χ4v) is 2.42. The van der Waals surface area contributed by atoms with Crippen LogP contribution in [-0.4, -0.2) is 6.21 Å². The Morgan fingerprint density at radius 1 is 1.26 bits per heavy atom. The molecule has 19 heavy (non-hydrogen) atoms. The van der Waals surface area contributed by atoms with Crippen LogP contribution in [0.1, 0.15) is 37.9 Å². The first-order valence-corrected chi connectivity index (χ1v) is 6.99. The molecule has 0 amide bonds. The maximum Gasteiger partial charge on any atom is 0.0719 e. The first-order valence-electron chi connectivity index (χ1n) is 6.99. The number of aliphatic imine (C=N–C) groups is 1. The van der Waals surface area contributed by atoms with Crippen molar-refractivity contribution >= 4 is 6.21 Å². The third-order valence-corrected chi connectivity index (χ3v) is 4.16. The number of allylic oxidation sites excluding steroid dienone is 4. The summed E-state index contributed by atoms with van der Waals surface area (Å²) in [7, 11) is 0. The summed E-state index contributed by atoms with van der Waals surface area (Å²) >= 11 is 0. The van der Waals surface area contributed by atoms with Crippen LogP contribution in [0.25, 0.3) is 0 Å². The summed E-state index contributed by atoms with van der Waals surface area (Å²) in [4.78, 5) is 4.79. The zero-order valence-electron chi connectivity index (χ0n) is 12.3. The van der Waals surface area contributed by atoms with Crippen LogP contribution < -0.4 is 0 Å². The predicted octanol–water partition coefficient (Wildman–Crippen LogP) is 4.90. The summed E-state index contributed by atoms with van der Waals surface area (Å²) in [5, 5.41) is 0. The summed E-state index contributed by atoms with van der Waals surface area (Å²) in [6.07, 6.45) is 10.8. The second-order valence-corrected chi connectivity index (χ2v) is 5.71. The molecule has 0 radical (unpaired) electrons. The zero-order valence-corrected chi connectivity index (χ0v) is 12.3. The van der Waals surface area contributed by atoms with Crippen LogP contribution in [-0.2, 0) is 0 Å². The van der Waals surface area contributed by atoms with Crippen LogP contribution in [0.2, 0.25) is 0 Å². The highest BCUT2D eigenvalue weighted by atomic mass is 14.8. The second-order valence-electron chi connectivity index (χ2n) is 5.71. The van der Waals surface area contributed by atoms with E-state index in [1.165, 1.54) is 11.1 Å². The summed E-state index contributed by atoms with van der Waals surface area (Å²) in [6.45, 7) is 8.79. The van der Waals surface area contributed by atoms with E-state index < -0.39 is 0 Å². The van der Waals surface area contributed by atoms with E-state index >= 15 is 0 Å². The summed E-state index contributed by atoms with van der Waals surface area (Å²) in [6, 6.07) is 8.69. The number of hydrogen-bond acceptors (Lipinski definition) is 1. The lowest BCUT2D eigenvalue weighted by molar-refractivity contribution is 0.460. The molecule has 2 rings (SSSR count). The summed E-state index contributed by atoms with van der Waals surface area (Å²) in [5.74, 6) is 0.491. The molecule has 0 N–H and O–H groups in total. The molecule has 0 heterocycles. The molecule has 1 aromatic rings. The maximum absolute atomic E-state index is 4.79. The number of aryl methyl sites for hydroxylation is 1. The molecule has 1 heteroatoms. The fraction of sp³-hybridized carbons (Fsp3) is 0.389. The Bertz CT molecular complexity index is 524. The Morgan fingerprint density at radius 3 is 2.68 bits per heavy atom. The molecule has 3 unspecified atom stereocenters. The van der Waals surface area contributed by atoms with E-state index in [1.54, 1.807) is 0 Å². The van der Waals surface area contributed by atoms with Gasteiger partial charge in [0.1, 0.15) is 0 Å². The molecule has 1 aliphatic carbocycles. The second kappa shape index (κ2) is 5.56. The van der Waals surface area contributed by atoms with E-state index in [1.807, 2.05) is 0 Å². The van der Waals surface area contributed by atoms with Crippen molar-refractivity contribution in [2.75, 3.05) is 0 Å². The van der Waals surface area contributed by atoms with Crippen LogP contribution in [0.5, 0.6) is 0 Å². The molecule has 1 nitrogen and oxygen atoms in total. The third kappa shape index (κ3) is 3.04. The zero-order chi connectivity index (χ0) is 13.9. The molecule has 0 saturated heterocycles. The van der Waals surface area contributed by atoms with Crippen LogP contribution in [0.4, 0.5) is 0 Å². The van der Waals surface area contributed by atoms with Crippen LogP contribution in [0.3, 0.4) is 0 Å². The maximum atomic E-state index is 4.79. The Hall–Kier alpha value is -1.63. The lowest BCUT2D eigenvalue weighted by atomic mass is 9.76. The highest BCUT2D eigenvalue weighted by molar-refractivity contribution is 5.70. The molecular formula is C18H23N. The van der Waals surface area contributed by atoms with Gasteiger partial charge in [0, 0.05) is 11.6 Å². The van der Waals surface area contributed by atoms with E-state index in [2.05, 4.69) is 82.5 Å². The van der Waals surface area contributed by atoms with Crippen molar-refractivity contribution in [2.45, 2.75) is 33.7 Å². The van der Waals surface area contributed by atoms with Gasteiger partial charge in [-0.15, -0.1) is 0 Å². The van der Waals surface area contributed by atoms with Crippen molar-refractivity contribution in [2.24, 2.45) is 16.3 Å². The monoisotopic (exact) mass is 253 g/mol. The van der Waals surface area contributed by atoms with E-state index in [0.717, 1.165) is 0 Å². The Labute approximate surface area is 116 Å². The van der Waals surface area contributed by atoms with Gasteiger partial charge in [0.25, 0.3) is 0 Å². The SMILES string of the molecule is Cc1ccccc1C(C)N=CC1(C)C=CC=CC1C. The predicted molar refractivity (Wildman–Crippen MR) is 83.6 cm³/mol. The molecule has 0 bridgehead atoms. The topological polar surface area (TPSA) is 12.4 Å². The minimum atomic E-state index is 0.0334. The van der Waals surface area contributed by atoms with Crippen LogP contribution >= 0.6 is 0 Å². The minimum Gasteiger partial charge on any atom is -0.289 e. The van der Waals surface area contributed by atoms with Gasteiger partial charge in [0.05, 0.1) is 6.04 Å². The molecule has 0 fully saturated rings. The normalized spacial score (nSPS) is 27.9. The highest BCUT2D eigenvalue weighted by Gasteiger charge is 2.26. The molecule has 0 saturated carbocycles. The Kier molecular flexibility index (Phi) is 4.04. The third-order valence-electron chi connectivity index (χ3n) is 4.16.